The molecule has 5 nitrogen and oxygen atoms in total. The van der Waals surface area contributed by atoms with Crippen molar-refractivity contribution in [2.45, 2.75) is 32.7 Å². The number of carboxylic acid groups (broad SMARTS) is 1. The van der Waals surface area contributed by atoms with Crippen LogP contribution in [0.3, 0.4) is 0 Å². The fraction of sp³-hybridized carbons (Fsp3) is 0.364. The molecule has 1 fully saturated rings. The molecule has 4 rings (SSSR count). The zero-order valence-electron chi connectivity index (χ0n) is 15.7. The van der Waals surface area contributed by atoms with E-state index in [1.807, 2.05) is 37.4 Å². The third kappa shape index (κ3) is 3.12. The van der Waals surface area contributed by atoms with E-state index in [9.17, 15) is 9.90 Å². The van der Waals surface area contributed by atoms with Crippen molar-refractivity contribution in [1.82, 2.24) is 9.55 Å². The Hall–Kier alpha value is -2.66. The fourth-order valence-corrected chi connectivity index (χ4v) is 4.36. The van der Waals surface area contributed by atoms with Gasteiger partial charge in [0.2, 0.25) is 0 Å². The lowest BCUT2D eigenvalue weighted by Gasteiger charge is -2.30. The van der Waals surface area contributed by atoms with Crippen molar-refractivity contribution in [1.29, 1.82) is 0 Å². The Morgan fingerprint density at radius 1 is 1.26 bits per heavy atom. The number of nitrogens with zero attached hydrogens (tertiary/aromatic N) is 2. The minimum absolute atomic E-state index is 0.216. The van der Waals surface area contributed by atoms with Gasteiger partial charge < -0.3 is 14.4 Å². The van der Waals surface area contributed by atoms with Crippen molar-refractivity contribution < 1.29 is 14.6 Å². The number of aromatic carboxylic acids is 1. The van der Waals surface area contributed by atoms with Crippen molar-refractivity contribution in [3.63, 3.8) is 0 Å². The summed E-state index contributed by atoms with van der Waals surface area (Å²) in [6, 6.07) is 10.2. The van der Waals surface area contributed by atoms with Crippen LogP contribution >= 0.6 is 0 Å². The summed E-state index contributed by atoms with van der Waals surface area (Å²) in [6.45, 7) is 5.67. The van der Waals surface area contributed by atoms with Gasteiger partial charge in [-0.3, -0.25) is 4.98 Å². The first kappa shape index (κ1) is 17.7. The van der Waals surface area contributed by atoms with E-state index in [4.69, 9.17) is 4.74 Å². The van der Waals surface area contributed by atoms with Crippen LogP contribution in [-0.4, -0.2) is 33.8 Å². The molecule has 140 valence electrons. The zero-order chi connectivity index (χ0) is 19.0. The van der Waals surface area contributed by atoms with Crippen LogP contribution in [-0.2, 0) is 4.74 Å². The summed E-state index contributed by atoms with van der Waals surface area (Å²) < 4.78 is 7.73. The molecule has 1 atom stereocenters. The van der Waals surface area contributed by atoms with E-state index >= 15 is 0 Å². The Bertz CT molecular complexity index is 972. The lowest BCUT2D eigenvalue weighted by atomic mass is 9.92. The highest BCUT2D eigenvalue weighted by Crippen LogP contribution is 2.37. The summed E-state index contributed by atoms with van der Waals surface area (Å²) in [5, 5.41) is 10.6. The molecule has 1 aromatic carbocycles. The van der Waals surface area contributed by atoms with Gasteiger partial charge in [-0.15, -0.1) is 0 Å². The van der Waals surface area contributed by atoms with Crippen molar-refractivity contribution >= 4 is 16.9 Å². The van der Waals surface area contributed by atoms with E-state index in [1.54, 1.807) is 6.20 Å². The normalized spacial score (nSPS) is 16.5. The van der Waals surface area contributed by atoms with Crippen LogP contribution in [0.2, 0.25) is 0 Å². The maximum Gasteiger partial charge on any atom is 0.338 e. The van der Waals surface area contributed by atoms with Crippen LogP contribution < -0.4 is 0 Å². The van der Waals surface area contributed by atoms with Crippen molar-refractivity contribution in [2.75, 3.05) is 13.2 Å². The lowest BCUT2D eigenvalue weighted by molar-refractivity contribution is 0.0516. The summed E-state index contributed by atoms with van der Waals surface area (Å²) in [5.74, 6) is -0.388. The van der Waals surface area contributed by atoms with Crippen LogP contribution in [0.25, 0.3) is 22.0 Å². The van der Waals surface area contributed by atoms with Crippen LogP contribution in [0.15, 0.2) is 42.7 Å². The molecule has 3 aromatic rings. The van der Waals surface area contributed by atoms with E-state index in [1.165, 1.54) is 0 Å². The Balaban J connectivity index is 1.89. The number of carboxylic acids is 1. The molecule has 1 N–H and O–H groups in total. The van der Waals surface area contributed by atoms with Crippen molar-refractivity contribution in [3.05, 3.63) is 54.0 Å². The molecule has 0 radical (unpaired) electrons. The molecule has 1 aliphatic heterocycles. The third-order valence-electron chi connectivity index (χ3n) is 5.81. The highest BCUT2D eigenvalue weighted by molar-refractivity contribution is 6.06. The van der Waals surface area contributed by atoms with Crippen LogP contribution in [0.4, 0.5) is 0 Å². The third-order valence-corrected chi connectivity index (χ3v) is 5.81. The first-order chi connectivity index (χ1) is 13.1. The van der Waals surface area contributed by atoms with Gasteiger partial charge in [0.05, 0.1) is 5.56 Å². The summed E-state index contributed by atoms with van der Waals surface area (Å²) in [4.78, 5) is 16.2. The molecular formula is C22H24N2O3. The van der Waals surface area contributed by atoms with Crippen molar-refractivity contribution in [3.8, 4) is 11.1 Å². The van der Waals surface area contributed by atoms with Gasteiger partial charge in [-0.25, -0.2) is 4.79 Å². The predicted octanol–water partition coefficient (Wildman–Crippen LogP) is 4.70. The predicted molar refractivity (Wildman–Crippen MR) is 105 cm³/mol. The van der Waals surface area contributed by atoms with Crippen LogP contribution in [0.1, 0.15) is 41.9 Å². The summed E-state index contributed by atoms with van der Waals surface area (Å²) in [7, 11) is 0. The van der Waals surface area contributed by atoms with E-state index in [0.717, 1.165) is 53.8 Å². The highest BCUT2D eigenvalue weighted by atomic mass is 16.5. The summed E-state index contributed by atoms with van der Waals surface area (Å²) >= 11 is 0. The van der Waals surface area contributed by atoms with Gasteiger partial charge in [-0.2, -0.15) is 0 Å². The second-order valence-corrected chi connectivity index (χ2v) is 7.30. The highest BCUT2D eigenvalue weighted by Gasteiger charge is 2.27. The molecule has 27 heavy (non-hydrogen) atoms. The molecule has 5 heteroatoms. The average Bonchev–Trinajstić information content (AvgIpc) is 3.00. The lowest BCUT2D eigenvalue weighted by Crippen LogP contribution is -2.24. The first-order valence-electron chi connectivity index (χ1n) is 9.44. The SMILES string of the molecule is Cc1c(C(=O)O)c2ccc(-c3cccnc3)cc2n1[C@@H](C)C1CCOCC1. The molecular weight excluding hydrogens is 340 g/mol. The molecule has 0 aliphatic carbocycles. The number of benzene rings is 1. The first-order valence-corrected chi connectivity index (χ1v) is 9.44. The van der Waals surface area contributed by atoms with Gasteiger partial charge in [0.15, 0.2) is 0 Å². The molecule has 1 aliphatic rings. The topological polar surface area (TPSA) is 64.3 Å². The monoisotopic (exact) mass is 364 g/mol. The number of rotatable bonds is 4. The summed E-state index contributed by atoms with van der Waals surface area (Å²) in [5.41, 5.74) is 4.28. The van der Waals surface area contributed by atoms with Gasteiger partial charge in [-0.1, -0.05) is 18.2 Å². The minimum atomic E-state index is -0.871. The smallest absolute Gasteiger partial charge is 0.338 e. The van der Waals surface area contributed by atoms with Gasteiger partial charge >= 0.3 is 5.97 Å². The van der Waals surface area contributed by atoms with Crippen LogP contribution in [0, 0.1) is 12.8 Å². The molecule has 0 unspecified atom stereocenters. The largest absolute Gasteiger partial charge is 0.478 e. The Morgan fingerprint density at radius 2 is 2.04 bits per heavy atom. The number of carbonyl (C=O) groups is 1. The number of hydrogen-bond acceptors (Lipinski definition) is 3. The maximum absolute atomic E-state index is 12.0. The Labute approximate surface area is 158 Å². The second-order valence-electron chi connectivity index (χ2n) is 7.30. The number of pyridine rings is 1. The second kappa shape index (κ2) is 7.16. The quantitative estimate of drug-likeness (QED) is 0.729. The molecule has 0 saturated carbocycles. The molecule has 1 saturated heterocycles. The van der Waals surface area contributed by atoms with Crippen molar-refractivity contribution in [2.24, 2.45) is 5.92 Å². The average molecular weight is 364 g/mol. The van der Waals surface area contributed by atoms with Gasteiger partial charge in [0, 0.05) is 53.8 Å². The van der Waals surface area contributed by atoms with Gasteiger partial charge in [0.1, 0.15) is 0 Å². The Kier molecular flexibility index (Phi) is 4.70. The number of aromatic nitrogens is 2. The van der Waals surface area contributed by atoms with E-state index in [2.05, 4.69) is 22.5 Å². The molecule has 0 spiro atoms. The van der Waals surface area contributed by atoms with Gasteiger partial charge in [-0.05, 0) is 50.3 Å². The Morgan fingerprint density at radius 3 is 2.70 bits per heavy atom. The molecule has 0 amide bonds. The standard InChI is InChI=1S/C22H24N2O3/c1-14(16-7-10-27-11-8-16)24-15(2)21(22(25)26)19-6-5-17(12-20(19)24)18-4-3-9-23-13-18/h3-6,9,12-14,16H,7-8,10-11H2,1-2H3,(H,25,26)/t14-/m0/s1. The number of fused-ring (bicyclic) bond motifs is 1. The van der Waals surface area contributed by atoms with Gasteiger partial charge in [0.25, 0.3) is 0 Å². The fourth-order valence-electron chi connectivity index (χ4n) is 4.36. The zero-order valence-corrected chi connectivity index (χ0v) is 15.7. The number of hydrogen-bond donors (Lipinski definition) is 1. The van der Waals surface area contributed by atoms with E-state index < -0.39 is 5.97 Å². The minimum Gasteiger partial charge on any atom is -0.478 e. The molecule has 0 bridgehead atoms. The van der Waals surface area contributed by atoms with E-state index in [-0.39, 0.29) is 6.04 Å². The van der Waals surface area contributed by atoms with Crippen LogP contribution in [0.5, 0.6) is 0 Å². The molecule has 2 aromatic heterocycles. The summed E-state index contributed by atoms with van der Waals surface area (Å²) in [6.07, 6.45) is 5.60. The molecule has 3 heterocycles. The van der Waals surface area contributed by atoms with E-state index in [0.29, 0.717) is 11.5 Å². The number of ether oxygens (including phenoxy) is 1. The maximum atomic E-state index is 12.0.